The fourth-order valence-corrected chi connectivity index (χ4v) is 3.94. The van der Waals surface area contributed by atoms with Crippen molar-refractivity contribution in [2.45, 2.75) is 23.8 Å². The van der Waals surface area contributed by atoms with Gasteiger partial charge in [0.15, 0.2) is 0 Å². The molecule has 0 aliphatic carbocycles. The van der Waals surface area contributed by atoms with Crippen LogP contribution in [0.25, 0.3) is 0 Å². The molecule has 0 unspecified atom stereocenters. The number of nitrogens with zero attached hydrogens (tertiary/aromatic N) is 1. The van der Waals surface area contributed by atoms with Crippen molar-refractivity contribution in [3.8, 4) is 0 Å². The van der Waals surface area contributed by atoms with Gasteiger partial charge in [-0.15, -0.1) is 0 Å². The molecule has 5 nitrogen and oxygen atoms in total. The van der Waals surface area contributed by atoms with Gasteiger partial charge in [-0.1, -0.05) is 11.6 Å². The van der Waals surface area contributed by atoms with Crippen LogP contribution in [-0.4, -0.2) is 32.7 Å². The molecule has 2 heterocycles. The molecule has 1 N–H and O–H groups in total. The first kappa shape index (κ1) is 14.2. The highest BCUT2D eigenvalue weighted by atomic mass is 79.9. The summed E-state index contributed by atoms with van der Waals surface area (Å²) in [7, 11) is -3.64. The molecule has 0 bridgehead atoms. The van der Waals surface area contributed by atoms with E-state index in [0.29, 0.717) is 30.5 Å². The Bertz CT molecular complexity index is 532. The number of hydrogen-bond donors (Lipinski definition) is 1. The summed E-state index contributed by atoms with van der Waals surface area (Å²) in [4.78, 5) is 3.80. The van der Waals surface area contributed by atoms with Crippen LogP contribution < -0.4 is 4.72 Å². The monoisotopic (exact) mass is 354 g/mol. The number of pyridine rings is 1. The van der Waals surface area contributed by atoms with Gasteiger partial charge in [-0.3, -0.25) is 0 Å². The fraction of sp³-hybridized carbons (Fsp3) is 0.500. The minimum Gasteiger partial charge on any atom is -0.381 e. The molecule has 0 saturated carbocycles. The van der Waals surface area contributed by atoms with Crippen LogP contribution >= 0.6 is 27.5 Å². The zero-order valence-corrected chi connectivity index (χ0v) is 12.6. The summed E-state index contributed by atoms with van der Waals surface area (Å²) >= 11 is 9.00. The van der Waals surface area contributed by atoms with Crippen LogP contribution in [0.15, 0.2) is 21.6 Å². The minimum absolute atomic E-state index is 0.00923. The van der Waals surface area contributed by atoms with E-state index >= 15 is 0 Å². The quantitative estimate of drug-likeness (QED) is 0.842. The minimum atomic E-state index is -3.64. The molecule has 1 saturated heterocycles. The van der Waals surface area contributed by atoms with Gasteiger partial charge in [-0.25, -0.2) is 18.1 Å². The summed E-state index contributed by atoms with van der Waals surface area (Å²) in [5, 5.41) is -0.0299. The maximum absolute atomic E-state index is 12.2. The van der Waals surface area contributed by atoms with Gasteiger partial charge in [0.2, 0.25) is 10.0 Å². The summed E-state index contributed by atoms with van der Waals surface area (Å²) in [5.41, 5.74) is 0. The van der Waals surface area contributed by atoms with E-state index in [4.69, 9.17) is 16.3 Å². The third-order valence-electron chi connectivity index (χ3n) is 2.61. The van der Waals surface area contributed by atoms with Gasteiger partial charge in [-0.2, -0.15) is 0 Å². The van der Waals surface area contributed by atoms with E-state index in [1.165, 1.54) is 12.3 Å². The van der Waals surface area contributed by atoms with Crippen LogP contribution in [0.5, 0.6) is 0 Å². The lowest BCUT2D eigenvalue weighted by Gasteiger charge is -2.23. The molecule has 1 aliphatic heterocycles. The van der Waals surface area contributed by atoms with Gasteiger partial charge >= 0.3 is 0 Å². The highest BCUT2D eigenvalue weighted by Gasteiger charge is 2.24. The fourth-order valence-electron chi connectivity index (χ4n) is 1.69. The molecule has 0 aromatic carbocycles. The first-order valence-electron chi connectivity index (χ1n) is 5.40. The number of halogens is 2. The number of sulfonamides is 1. The Hall–Kier alpha value is -0.210. The highest BCUT2D eigenvalue weighted by molar-refractivity contribution is 9.10. The second kappa shape index (κ2) is 5.83. The summed E-state index contributed by atoms with van der Waals surface area (Å²) in [6, 6.07) is 1.33. The molecule has 2 rings (SSSR count). The van der Waals surface area contributed by atoms with Crippen molar-refractivity contribution in [3.05, 3.63) is 21.9 Å². The summed E-state index contributed by atoms with van der Waals surface area (Å²) in [5.74, 6) is 0. The molecule has 0 spiro atoms. The number of ether oxygens (including phenoxy) is 1. The lowest BCUT2D eigenvalue weighted by molar-refractivity contribution is 0.0832. The predicted molar refractivity (Wildman–Crippen MR) is 71.1 cm³/mol. The number of nitrogens with one attached hydrogen (secondary N) is 1. The van der Waals surface area contributed by atoms with E-state index in [1.807, 2.05) is 0 Å². The van der Waals surface area contributed by atoms with Crippen molar-refractivity contribution >= 4 is 37.6 Å². The van der Waals surface area contributed by atoms with Crippen LogP contribution in [0.2, 0.25) is 5.15 Å². The Morgan fingerprint density at radius 3 is 2.78 bits per heavy atom. The second-order valence-electron chi connectivity index (χ2n) is 3.95. The van der Waals surface area contributed by atoms with E-state index in [-0.39, 0.29) is 16.1 Å². The second-order valence-corrected chi connectivity index (χ2v) is 6.91. The molecule has 0 radical (unpaired) electrons. The van der Waals surface area contributed by atoms with Crippen LogP contribution in [0.4, 0.5) is 0 Å². The van der Waals surface area contributed by atoms with E-state index in [0.717, 1.165) is 0 Å². The zero-order valence-electron chi connectivity index (χ0n) is 9.40. The highest BCUT2D eigenvalue weighted by Crippen LogP contribution is 2.23. The SMILES string of the molecule is O=S(=O)(NC1CCOCC1)c1cc(Br)cnc1Cl. The molecule has 100 valence electrons. The third-order valence-corrected chi connectivity index (χ3v) is 4.99. The third kappa shape index (κ3) is 3.42. The van der Waals surface area contributed by atoms with Gasteiger partial charge in [0, 0.05) is 29.9 Å². The lowest BCUT2D eigenvalue weighted by Crippen LogP contribution is -2.39. The molecule has 1 fully saturated rings. The summed E-state index contributed by atoms with van der Waals surface area (Å²) in [6.07, 6.45) is 2.78. The Balaban J connectivity index is 2.21. The Morgan fingerprint density at radius 1 is 1.44 bits per heavy atom. The Kier molecular flexibility index (Phi) is 4.60. The molecular weight excluding hydrogens is 344 g/mol. The maximum Gasteiger partial charge on any atom is 0.243 e. The number of hydrogen-bond acceptors (Lipinski definition) is 4. The first-order chi connectivity index (χ1) is 8.49. The van der Waals surface area contributed by atoms with Crippen LogP contribution in [0, 0.1) is 0 Å². The molecule has 1 aromatic heterocycles. The summed E-state index contributed by atoms with van der Waals surface area (Å²) < 4.78 is 32.7. The van der Waals surface area contributed by atoms with Gasteiger partial charge in [-0.05, 0) is 34.8 Å². The van der Waals surface area contributed by atoms with Gasteiger partial charge in [0.1, 0.15) is 10.0 Å². The van der Waals surface area contributed by atoms with Crippen molar-refractivity contribution in [1.29, 1.82) is 0 Å². The smallest absolute Gasteiger partial charge is 0.243 e. The number of rotatable bonds is 3. The maximum atomic E-state index is 12.2. The molecule has 1 aliphatic rings. The normalized spacial score (nSPS) is 17.9. The van der Waals surface area contributed by atoms with Crippen LogP contribution in [0.1, 0.15) is 12.8 Å². The van der Waals surface area contributed by atoms with Crippen molar-refractivity contribution in [2.24, 2.45) is 0 Å². The van der Waals surface area contributed by atoms with E-state index in [9.17, 15) is 8.42 Å². The zero-order chi connectivity index (χ0) is 13.2. The Labute approximate surface area is 119 Å². The molecule has 18 heavy (non-hydrogen) atoms. The topological polar surface area (TPSA) is 68.3 Å². The molecule has 8 heteroatoms. The van der Waals surface area contributed by atoms with Gasteiger partial charge in [0.25, 0.3) is 0 Å². The van der Waals surface area contributed by atoms with Crippen molar-refractivity contribution < 1.29 is 13.2 Å². The lowest BCUT2D eigenvalue weighted by atomic mass is 10.1. The average Bonchev–Trinajstić information content (AvgIpc) is 2.33. The van der Waals surface area contributed by atoms with Crippen molar-refractivity contribution in [3.63, 3.8) is 0 Å². The molecule has 0 amide bonds. The van der Waals surface area contributed by atoms with E-state index < -0.39 is 10.0 Å². The van der Waals surface area contributed by atoms with E-state index in [1.54, 1.807) is 0 Å². The molecule has 1 aromatic rings. The summed E-state index contributed by atoms with van der Waals surface area (Å²) in [6.45, 7) is 1.13. The van der Waals surface area contributed by atoms with Crippen molar-refractivity contribution in [2.75, 3.05) is 13.2 Å². The molecule has 0 atom stereocenters. The number of aromatic nitrogens is 1. The van der Waals surface area contributed by atoms with Crippen LogP contribution in [-0.2, 0) is 14.8 Å². The standard InChI is InChI=1S/C10H12BrClN2O3S/c11-7-5-9(10(12)13-6-7)18(15,16)14-8-1-3-17-4-2-8/h5-6,8,14H,1-4H2. The van der Waals surface area contributed by atoms with E-state index in [2.05, 4.69) is 25.6 Å². The first-order valence-corrected chi connectivity index (χ1v) is 8.05. The average molecular weight is 356 g/mol. The Morgan fingerprint density at radius 2 is 2.11 bits per heavy atom. The largest absolute Gasteiger partial charge is 0.381 e. The van der Waals surface area contributed by atoms with Crippen LogP contribution in [0.3, 0.4) is 0 Å². The van der Waals surface area contributed by atoms with Gasteiger partial charge in [0.05, 0.1) is 0 Å². The van der Waals surface area contributed by atoms with Crippen molar-refractivity contribution in [1.82, 2.24) is 9.71 Å². The van der Waals surface area contributed by atoms with Gasteiger partial charge < -0.3 is 4.74 Å². The predicted octanol–water partition coefficient (Wildman–Crippen LogP) is 1.95. The molecular formula is C10H12BrClN2O3S.